The Labute approximate surface area is 90.1 Å². The van der Waals surface area contributed by atoms with E-state index in [0.717, 1.165) is 6.54 Å². The molecular formula is C13H15NO. The van der Waals surface area contributed by atoms with E-state index in [4.69, 9.17) is 4.74 Å². The van der Waals surface area contributed by atoms with E-state index in [1.54, 1.807) is 7.11 Å². The van der Waals surface area contributed by atoms with E-state index >= 15 is 0 Å². The van der Waals surface area contributed by atoms with Crippen LogP contribution >= 0.6 is 0 Å². The number of methoxy groups -OCH3 is 1. The van der Waals surface area contributed by atoms with Crippen LogP contribution in [0.1, 0.15) is 11.1 Å². The normalized spacial score (nSPS) is 10.5. The molecule has 0 saturated carbocycles. The molecule has 2 nitrogen and oxygen atoms in total. The maximum Gasteiger partial charge on any atom is 0.0727 e. The van der Waals surface area contributed by atoms with Gasteiger partial charge in [0.15, 0.2) is 0 Å². The second-order valence-corrected chi connectivity index (χ2v) is 3.61. The molecule has 0 saturated heterocycles. The molecule has 1 aromatic heterocycles. The highest BCUT2D eigenvalue weighted by Gasteiger charge is 1.97. The second kappa shape index (κ2) is 4.80. The average molecular weight is 201 g/mol. The number of hydrogen-bond donors (Lipinski definition) is 0. The number of aromatic nitrogens is 1. The molecule has 0 aliphatic heterocycles. The summed E-state index contributed by atoms with van der Waals surface area (Å²) in [4.78, 5) is 0. The van der Waals surface area contributed by atoms with E-state index in [9.17, 15) is 0 Å². The van der Waals surface area contributed by atoms with Gasteiger partial charge < -0.3 is 9.30 Å². The summed E-state index contributed by atoms with van der Waals surface area (Å²) < 4.78 is 7.25. The first-order valence-electron chi connectivity index (χ1n) is 5.06. The molecule has 0 aliphatic rings. The molecule has 2 aromatic rings. The summed E-state index contributed by atoms with van der Waals surface area (Å²) in [5.74, 6) is 0. The highest BCUT2D eigenvalue weighted by atomic mass is 16.5. The van der Waals surface area contributed by atoms with Crippen molar-refractivity contribution < 1.29 is 4.74 Å². The van der Waals surface area contributed by atoms with E-state index < -0.39 is 0 Å². The van der Waals surface area contributed by atoms with Gasteiger partial charge in [-0.1, -0.05) is 30.3 Å². The standard InChI is InChI=1S/C13H15NO/c1-15-11-13-7-8-14(10-13)9-12-5-3-2-4-6-12/h2-8,10H,9,11H2,1H3. The molecule has 0 radical (unpaired) electrons. The highest BCUT2D eigenvalue weighted by molar-refractivity contribution is 5.17. The summed E-state index contributed by atoms with van der Waals surface area (Å²) in [6.07, 6.45) is 4.21. The van der Waals surface area contributed by atoms with Crippen LogP contribution in [0.15, 0.2) is 48.8 Å². The van der Waals surface area contributed by atoms with E-state index in [-0.39, 0.29) is 0 Å². The third-order valence-electron chi connectivity index (χ3n) is 2.33. The molecule has 0 fully saturated rings. The molecule has 15 heavy (non-hydrogen) atoms. The fourth-order valence-electron chi connectivity index (χ4n) is 1.64. The minimum absolute atomic E-state index is 0.682. The van der Waals surface area contributed by atoms with E-state index in [2.05, 4.69) is 47.3 Å². The molecule has 0 bridgehead atoms. The zero-order valence-corrected chi connectivity index (χ0v) is 8.89. The Hall–Kier alpha value is -1.54. The third kappa shape index (κ3) is 2.70. The van der Waals surface area contributed by atoms with Crippen LogP contribution in [0.3, 0.4) is 0 Å². The second-order valence-electron chi connectivity index (χ2n) is 3.61. The monoisotopic (exact) mass is 201 g/mol. The zero-order chi connectivity index (χ0) is 10.5. The maximum atomic E-state index is 5.08. The molecule has 2 rings (SSSR count). The van der Waals surface area contributed by atoms with E-state index in [1.165, 1.54) is 11.1 Å². The van der Waals surface area contributed by atoms with E-state index in [0.29, 0.717) is 6.61 Å². The predicted molar refractivity (Wildman–Crippen MR) is 60.7 cm³/mol. The summed E-state index contributed by atoms with van der Waals surface area (Å²) in [5, 5.41) is 0. The molecule has 0 aliphatic carbocycles. The van der Waals surface area contributed by atoms with Crippen LogP contribution in [0, 0.1) is 0 Å². The largest absolute Gasteiger partial charge is 0.380 e. The van der Waals surface area contributed by atoms with Crippen LogP contribution in [-0.2, 0) is 17.9 Å². The molecule has 78 valence electrons. The van der Waals surface area contributed by atoms with Crippen LogP contribution in [0.2, 0.25) is 0 Å². The molecule has 1 heterocycles. The number of rotatable bonds is 4. The third-order valence-corrected chi connectivity index (χ3v) is 2.33. The first-order valence-corrected chi connectivity index (χ1v) is 5.06. The first kappa shape index (κ1) is 9.99. The number of benzene rings is 1. The Morgan fingerprint density at radius 2 is 1.87 bits per heavy atom. The van der Waals surface area contributed by atoms with Crippen molar-refractivity contribution >= 4 is 0 Å². The molecule has 0 spiro atoms. The summed E-state index contributed by atoms with van der Waals surface area (Å²) in [6.45, 7) is 1.60. The zero-order valence-electron chi connectivity index (χ0n) is 8.89. The quantitative estimate of drug-likeness (QED) is 0.741. The Morgan fingerprint density at radius 1 is 1.07 bits per heavy atom. The van der Waals surface area contributed by atoms with Crippen molar-refractivity contribution in [2.75, 3.05) is 7.11 Å². The van der Waals surface area contributed by atoms with Gasteiger partial charge in [0.25, 0.3) is 0 Å². The van der Waals surface area contributed by atoms with Crippen molar-refractivity contribution in [3.05, 3.63) is 59.9 Å². The van der Waals surface area contributed by atoms with Gasteiger partial charge in [0, 0.05) is 26.0 Å². The van der Waals surface area contributed by atoms with Crippen LogP contribution in [0.5, 0.6) is 0 Å². The van der Waals surface area contributed by atoms with Crippen LogP contribution in [0.4, 0.5) is 0 Å². The fourth-order valence-corrected chi connectivity index (χ4v) is 1.64. The molecule has 0 atom stereocenters. The molecule has 0 N–H and O–H groups in total. The number of hydrogen-bond acceptors (Lipinski definition) is 1. The summed E-state index contributed by atoms with van der Waals surface area (Å²) in [6, 6.07) is 12.5. The lowest BCUT2D eigenvalue weighted by molar-refractivity contribution is 0.185. The van der Waals surface area contributed by atoms with Gasteiger partial charge in [-0.3, -0.25) is 0 Å². The van der Waals surface area contributed by atoms with Gasteiger partial charge in [0.05, 0.1) is 6.61 Å². The van der Waals surface area contributed by atoms with Gasteiger partial charge in [0.2, 0.25) is 0 Å². The Kier molecular flexibility index (Phi) is 3.20. The minimum atomic E-state index is 0.682. The van der Waals surface area contributed by atoms with Gasteiger partial charge in [-0.25, -0.2) is 0 Å². The van der Waals surface area contributed by atoms with Crippen molar-refractivity contribution in [1.29, 1.82) is 0 Å². The Morgan fingerprint density at radius 3 is 2.60 bits per heavy atom. The average Bonchev–Trinajstić information content (AvgIpc) is 2.68. The van der Waals surface area contributed by atoms with Crippen molar-refractivity contribution in [3.63, 3.8) is 0 Å². The molecule has 2 heteroatoms. The lowest BCUT2D eigenvalue weighted by Gasteiger charge is -2.02. The summed E-state index contributed by atoms with van der Waals surface area (Å²) >= 11 is 0. The lowest BCUT2D eigenvalue weighted by Crippen LogP contribution is -1.95. The Balaban J connectivity index is 2.05. The lowest BCUT2D eigenvalue weighted by atomic mass is 10.2. The first-order chi connectivity index (χ1) is 7.38. The van der Waals surface area contributed by atoms with Crippen molar-refractivity contribution in [2.24, 2.45) is 0 Å². The molecular weight excluding hydrogens is 186 g/mol. The number of nitrogens with zero attached hydrogens (tertiary/aromatic N) is 1. The molecule has 1 aromatic carbocycles. The smallest absolute Gasteiger partial charge is 0.0727 e. The van der Waals surface area contributed by atoms with Gasteiger partial charge >= 0.3 is 0 Å². The van der Waals surface area contributed by atoms with Gasteiger partial charge in [-0.05, 0) is 17.2 Å². The van der Waals surface area contributed by atoms with Crippen LogP contribution in [0.25, 0.3) is 0 Å². The van der Waals surface area contributed by atoms with Gasteiger partial charge in [-0.15, -0.1) is 0 Å². The maximum absolute atomic E-state index is 5.08. The highest BCUT2D eigenvalue weighted by Crippen LogP contribution is 2.06. The number of ether oxygens (including phenoxy) is 1. The molecule has 0 unspecified atom stereocenters. The topological polar surface area (TPSA) is 14.2 Å². The van der Waals surface area contributed by atoms with E-state index in [1.807, 2.05) is 6.07 Å². The molecule has 0 amide bonds. The van der Waals surface area contributed by atoms with Crippen molar-refractivity contribution in [3.8, 4) is 0 Å². The SMILES string of the molecule is COCc1ccn(Cc2ccccc2)c1. The van der Waals surface area contributed by atoms with Crippen LogP contribution in [-0.4, -0.2) is 11.7 Å². The van der Waals surface area contributed by atoms with Gasteiger partial charge in [-0.2, -0.15) is 0 Å². The summed E-state index contributed by atoms with van der Waals surface area (Å²) in [5.41, 5.74) is 2.53. The van der Waals surface area contributed by atoms with Gasteiger partial charge in [0.1, 0.15) is 0 Å². The Bertz CT molecular complexity index is 405. The predicted octanol–water partition coefficient (Wildman–Crippen LogP) is 2.68. The van der Waals surface area contributed by atoms with Crippen molar-refractivity contribution in [1.82, 2.24) is 4.57 Å². The fraction of sp³-hybridized carbons (Fsp3) is 0.231. The summed E-state index contributed by atoms with van der Waals surface area (Å²) in [7, 11) is 1.72. The minimum Gasteiger partial charge on any atom is -0.380 e. The van der Waals surface area contributed by atoms with Crippen molar-refractivity contribution in [2.45, 2.75) is 13.2 Å². The van der Waals surface area contributed by atoms with Crippen LogP contribution < -0.4 is 0 Å².